The second-order valence-corrected chi connectivity index (χ2v) is 6.33. The smallest absolute Gasteiger partial charge is 0.165 e. The van der Waals surface area contributed by atoms with E-state index >= 15 is 0 Å². The number of para-hydroxylation sites is 1. The summed E-state index contributed by atoms with van der Waals surface area (Å²) < 4.78 is 20.2. The molecule has 1 fully saturated rings. The van der Waals surface area contributed by atoms with Crippen LogP contribution in [0.1, 0.15) is 51.6 Å². The van der Waals surface area contributed by atoms with Gasteiger partial charge in [0.05, 0.1) is 6.10 Å². The van der Waals surface area contributed by atoms with Crippen molar-refractivity contribution in [2.45, 2.75) is 52.2 Å². The lowest BCUT2D eigenvalue weighted by molar-refractivity contribution is 0.0955. The Morgan fingerprint density at radius 1 is 1.20 bits per heavy atom. The van der Waals surface area contributed by atoms with Gasteiger partial charge < -0.3 is 10.1 Å². The lowest BCUT2D eigenvalue weighted by atomic mass is 9.82. The lowest BCUT2D eigenvalue weighted by Crippen LogP contribution is -2.29. The number of ether oxygens (including phenoxy) is 1. The van der Waals surface area contributed by atoms with E-state index in [1.807, 2.05) is 20.0 Å². The van der Waals surface area contributed by atoms with Crippen LogP contribution in [-0.2, 0) is 0 Å². The van der Waals surface area contributed by atoms with Gasteiger partial charge in [-0.25, -0.2) is 4.39 Å². The highest BCUT2D eigenvalue weighted by atomic mass is 19.1. The summed E-state index contributed by atoms with van der Waals surface area (Å²) in [6.45, 7) is 6.53. The molecule has 1 N–H and O–H groups in total. The van der Waals surface area contributed by atoms with E-state index in [1.54, 1.807) is 6.07 Å². The van der Waals surface area contributed by atoms with Gasteiger partial charge in [-0.05, 0) is 51.1 Å². The summed E-state index contributed by atoms with van der Waals surface area (Å²) in [5, 5.41) is 3.16. The molecular formula is C17H26FNO. The van der Waals surface area contributed by atoms with Crippen LogP contribution in [0.4, 0.5) is 4.39 Å². The Bertz CT molecular complexity index is 439. The molecule has 0 heterocycles. The molecule has 0 spiro atoms. The Morgan fingerprint density at radius 2 is 1.85 bits per heavy atom. The molecular weight excluding hydrogens is 253 g/mol. The maximum absolute atomic E-state index is 14.1. The molecule has 112 valence electrons. The van der Waals surface area contributed by atoms with Gasteiger partial charge in [0, 0.05) is 11.6 Å². The summed E-state index contributed by atoms with van der Waals surface area (Å²) >= 11 is 0. The van der Waals surface area contributed by atoms with E-state index in [1.165, 1.54) is 12.5 Å². The third-order valence-corrected chi connectivity index (χ3v) is 4.32. The van der Waals surface area contributed by atoms with E-state index in [4.69, 9.17) is 4.74 Å². The molecule has 2 rings (SSSR count). The minimum Gasteiger partial charge on any atom is -0.487 e. The standard InChI is InChI=1S/C17H26FNO/c1-11-8-12(2)10-14(9-11)20-17-15(13(3)19-4)6-5-7-16(17)18/h5-7,11-14,19H,8-10H2,1-4H3. The first-order valence-corrected chi connectivity index (χ1v) is 7.63. The third-order valence-electron chi connectivity index (χ3n) is 4.32. The highest BCUT2D eigenvalue weighted by molar-refractivity contribution is 5.37. The van der Waals surface area contributed by atoms with Crippen molar-refractivity contribution in [2.75, 3.05) is 7.05 Å². The zero-order chi connectivity index (χ0) is 14.7. The van der Waals surface area contributed by atoms with Crippen molar-refractivity contribution in [1.82, 2.24) is 5.32 Å². The van der Waals surface area contributed by atoms with Crippen molar-refractivity contribution in [3.05, 3.63) is 29.6 Å². The van der Waals surface area contributed by atoms with Crippen LogP contribution in [0.3, 0.4) is 0 Å². The first-order valence-electron chi connectivity index (χ1n) is 7.63. The summed E-state index contributed by atoms with van der Waals surface area (Å²) in [5.41, 5.74) is 0.901. The van der Waals surface area contributed by atoms with Crippen LogP contribution in [0.25, 0.3) is 0 Å². The zero-order valence-electron chi connectivity index (χ0n) is 12.9. The molecule has 0 aromatic heterocycles. The molecule has 1 saturated carbocycles. The lowest BCUT2D eigenvalue weighted by Gasteiger charge is -2.32. The quantitative estimate of drug-likeness (QED) is 0.886. The number of benzene rings is 1. The second kappa shape index (κ2) is 6.57. The predicted octanol–water partition coefficient (Wildman–Crippen LogP) is 4.31. The number of hydrogen-bond donors (Lipinski definition) is 1. The van der Waals surface area contributed by atoms with E-state index in [-0.39, 0.29) is 18.0 Å². The van der Waals surface area contributed by atoms with Crippen LogP contribution < -0.4 is 10.1 Å². The van der Waals surface area contributed by atoms with Crippen molar-refractivity contribution in [3.63, 3.8) is 0 Å². The molecule has 0 saturated heterocycles. The van der Waals surface area contributed by atoms with Crippen LogP contribution >= 0.6 is 0 Å². The fourth-order valence-corrected chi connectivity index (χ4v) is 3.28. The SMILES string of the molecule is CNC(C)c1cccc(F)c1OC1CC(C)CC(C)C1. The molecule has 1 aromatic carbocycles. The summed E-state index contributed by atoms with van der Waals surface area (Å²) in [6, 6.07) is 5.25. The monoisotopic (exact) mass is 279 g/mol. The van der Waals surface area contributed by atoms with Crippen LogP contribution in [0, 0.1) is 17.7 Å². The Kier molecular flexibility index (Phi) is 5.03. The average molecular weight is 279 g/mol. The predicted molar refractivity (Wildman–Crippen MR) is 80.5 cm³/mol. The van der Waals surface area contributed by atoms with Crippen molar-refractivity contribution in [3.8, 4) is 5.75 Å². The van der Waals surface area contributed by atoms with Crippen molar-refractivity contribution >= 4 is 0 Å². The third kappa shape index (κ3) is 3.51. The van der Waals surface area contributed by atoms with Crippen molar-refractivity contribution < 1.29 is 9.13 Å². The van der Waals surface area contributed by atoms with Gasteiger partial charge in [0.2, 0.25) is 0 Å². The second-order valence-electron chi connectivity index (χ2n) is 6.33. The van der Waals surface area contributed by atoms with Gasteiger partial charge in [-0.15, -0.1) is 0 Å². The Balaban J connectivity index is 2.19. The number of nitrogens with one attached hydrogen (secondary N) is 1. The minimum absolute atomic E-state index is 0.0825. The summed E-state index contributed by atoms with van der Waals surface area (Å²) in [6.07, 6.45) is 3.42. The van der Waals surface area contributed by atoms with Gasteiger partial charge in [0.1, 0.15) is 0 Å². The maximum atomic E-state index is 14.1. The molecule has 3 heteroatoms. The molecule has 1 aliphatic rings. The van der Waals surface area contributed by atoms with Gasteiger partial charge in [-0.1, -0.05) is 26.0 Å². The fourth-order valence-electron chi connectivity index (χ4n) is 3.28. The van der Waals surface area contributed by atoms with E-state index in [2.05, 4.69) is 19.2 Å². The molecule has 0 radical (unpaired) electrons. The molecule has 1 aromatic rings. The summed E-state index contributed by atoms with van der Waals surface area (Å²) in [7, 11) is 1.88. The number of hydrogen-bond acceptors (Lipinski definition) is 2. The maximum Gasteiger partial charge on any atom is 0.165 e. The molecule has 3 unspecified atom stereocenters. The topological polar surface area (TPSA) is 21.3 Å². The van der Waals surface area contributed by atoms with E-state index < -0.39 is 0 Å². The highest BCUT2D eigenvalue weighted by Gasteiger charge is 2.27. The molecule has 0 bridgehead atoms. The zero-order valence-corrected chi connectivity index (χ0v) is 12.9. The fraction of sp³-hybridized carbons (Fsp3) is 0.647. The molecule has 20 heavy (non-hydrogen) atoms. The van der Waals surface area contributed by atoms with Crippen LogP contribution in [0.5, 0.6) is 5.75 Å². The van der Waals surface area contributed by atoms with Crippen molar-refractivity contribution in [1.29, 1.82) is 0 Å². The van der Waals surface area contributed by atoms with Crippen molar-refractivity contribution in [2.24, 2.45) is 11.8 Å². The van der Waals surface area contributed by atoms with Gasteiger partial charge in [-0.3, -0.25) is 0 Å². The molecule has 1 aliphatic carbocycles. The van der Waals surface area contributed by atoms with E-state index in [9.17, 15) is 4.39 Å². The average Bonchev–Trinajstić information content (AvgIpc) is 2.39. The van der Waals surface area contributed by atoms with E-state index in [0.29, 0.717) is 17.6 Å². The van der Waals surface area contributed by atoms with E-state index in [0.717, 1.165) is 18.4 Å². The largest absolute Gasteiger partial charge is 0.487 e. The van der Waals surface area contributed by atoms with Gasteiger partial charge in [0.15, 0.2) is 11.6 Å². The Hall–Kier alpha value is -1.09. The highest BCUT2D eigenvalue weighted by Crippen LogP contribution is 2.35. The summed E-state index contributed by atoms with van der Waals surface area (Å²) in [5.74, 6) is 1.48. The first kappa shape index (κ1) is 15.3. The molecule has 0 amide bonds. The van der Waals surface area contributed by atoms with Crippen LogP contribution in [-0.4, -0.2) is 13.2 Å². The molecule has 2 nitrogen and oxygen atoms in total. The molecule has 0 aliphatic heterocycles. The van der Waals surface area contributed by atoms with Crippen LogP contribution in [0.2, 0.25) is 0 Å². The van der Waals surface area contributed by atoms with Gasteiger partial charge >= 0.3 is 0 Å². The van der Waals surface area contributed by atoms with Gasteiger partial charge in [0.25, 0.3) is 0 Å². The Morgan fingerprint density at radius 3 is 2.45 bits per heavy atom. The number of rotatable bonds is 4. The number of halogens is 1. The summed E-state index contributed by atoms with van der Waals surface area (Å²) in [4.78, 5) is 0. The van der Waals surface area contributed by atoms with Crippen LogP contribution in [0.15, 0.2) is 18.2 Å². The van der Waals surface area contributed by atoms with Gasteiger partial charge in [-0.2, -0.15) is 0 Å². The molecule has 3 atom stereocenters. The first-order chi connectivity index (χ1) is 9.51. The minimum atomic E-state index is -0.254. The normalized spacial score (nSPS) is 28.1. The Labute approximate surface area is 121 Å².